The molecule has 23 heavy (non-hydrogen) atoms. The van der Waals surface area contributed by atoms with Crippen molar-refractivity contribution in [1.82, 2.24) is 9.13 Å². The van der Waals surface area contributed by atoms with E-state index in [2.05, 4.69) is 0 Å². The molecule has 0 aliphatic rings. The first-order chi connectivity index (χ1) is 11.0. The highest BCUT2D eigenvalue weighted by Gasteiger charge is 2.12. The van der Waals surface area contributed by atoms with Gasteiger partial charge in [0.1, 0.15) is 5.82 Å². The average Bonchev–Trinajstić information content (AvgIpc) is 2.54. The van der Waals surface area contributed by atoms with Gasteiger partial charge in [0.15, 0.2) is 0 Å². The summed E-state index contributed by atoms with van der Waals surface area (Å²) in [5.74, 6) is -0.346. The summed E-state index contributed by atoms with van der Waals surface area (Å²) < 4.78 is 15.8. The minimum absolute atomic E-state index is 0.127. The van der Waals surface area contributed by atoms with Crippen LogP contribution >= 0.6 is 0 Å². The molecule has 4 nitrogen and oxygen atoms in total. The molecule has 2 aromatic carbocycles. The number of halogens is 1. The van der Waals surface area contributed by atoms with E-state index in [9.17, 15) is 14.0 Å². The molecule has 118 valence electrons. The zero-order chi connectivity index (χ0) is 16.6. The lowest BCUT2D eigenvalue weighted by molar-refractivity contribution is 0.615. The van der Waals surface area contributed by atoms with Crippen LogP contribution in [0.15, 0.2) is 52.1 Å². The first kappa shape index (κ1) is 15.2. The van der Waals surface area contributed by atoms with Gasteiger partial charge in [-0.1, -0.05) is 23.8 Å². The summed E-state index contributed by atoms with van der Waals surface area (Å²) in [6.07, 6.45) is 0. The van der Waals surface area contributed by atoms with Crippen molar-refractivity contribution in [3.8, 4) is 0 Å². The van der Waals surface area contributed by atoms with Gasteiger partial charge in [-0.05, 0) is 43.7 Å². The number of aryl methyl sites for hydroxylation is 2. The van der Waals surface area contributed by atoms with Gasteiger partial charge in [0.05, 0.1) is 17.4 Å². The van der Waals surface area contributed by atoms with Gasteiger partial charge in [-0.2, -0.15) is 0 Å². The quantitative estimate of drug-likeness (QED) is 0.746. The molecule has 0 atom stereocenters. The fraction of sp³-hybridized carbons (Fsp3) is 0.222. The minimum Gasteiger partial charge on any atom is -0.293 e. The van der Waals surface area contributed by atoms with Crippen LogP contribution in [0.4, 0.5) is 4.39 Å². The lowest BCUT2D eigenvalue weighted by Gasteiger charge is -2.13. The summed E-state index contributed by atoms with van der Waals surface area (Å²) in [5, 5.41) is 0.522. The highest BCUT2D eigenvalue weighted by Crippen LogP contribution is 2.11. The van der Waals surface area contributed by atoms with Crippen LogP contribution in [0.5, 0.6) is 0 Å². The predicted molar refractivity (Wildman–Crippen MR) is 88.4 cm³/mol. The van der Waals surface area contributed by atoms with Crippen molar-refractivity contribution in [2.75, 3.05) is 0 Å². The number of hydrogen-bond donors (Lipinski definition) is 0. The van der Waals surface area contributed by atoms with Gasteiger partial charge in [-0.25, -0.2) is 9.18 Å². The van der Waals surface area contributed by atoms with Crippen LogP contribution in [-0.4, -0.2) is 9.13 Å². The fourth-order valence-corrected chi connectivity index (χ4v) is 2.75. The van der Waals surface area contributed by atoms with Crippen LogP contribution in [0, 0.1) is 12.7 Å². The summed E-state index contributed by atoms with van der Waals surface area (Å²) in [6, 6.07) is 11.3. The molecule has 0 fully saturated rings. The highest BCUT2D eigenvalue weighted by atomic mass is 19.1. The summed E-state index contributed by atoms with van der Waals surface area (Å²) in [6.45, 7) is 4.38. The lowest BCUT2D eigenvalue weighted by Crippen LogP contribution is -2.40. The Hall–Kier alpha value is -2.69. The molecule has 0 aliphatic heterocycles. The standard InChI is InChI=1S/C18H17FN2O2/c1-3-20-16-9-4-12(2)10-15(16)17(22)21(18(20)23)11-13-5-7-14(19)8-6-13/h4-10H,3,11H2,1-2H3. The van der Waals surface area contributed by atoms with Crippen LogP contribution in [0.3, 0.4) is 0 Å². The summed E-state index contributed by atoms with van der Waals surface area (Å²) >= 11 is 0. The lowest BCUT2D eigenvalue weighted by atomic mass is 10.1. The Bertz CT molecular complexity index is 985. The Morgan fingerprint density at radius 2 is 1.70 bits per heavy atom. The number of hydrogen-bond acceptors (Lipinski definition) is 2. The van der Waals surface area contributed by atoms with Crippen LogP contribution in [0.25, 0.3) is 10.9 Å². The first-order valence-corrected chi connectivity index (χ1v) is 7.49. The van der Waals surface area contributed by atoms with E-state index < -0.39 is 0 Å². The van der Waals surface area contributed by atoms with Crippen LogP contribution in [0.1, 0.15) is 18.1 Å². The summed E-state index contributed by atoms with van der Waals surface area (Å²) in [5.41, 5.74) is 1.65. The molecule has 3 rings (SSSR count). The maximum Gasteiger partial charge on any atom is 0.331 e. The van der Waals surface area contributed by atoms with Gasteiger partial charge in [0, 0.05) is 6.54 Å². The van der Waals surface area contributed by atoms with Crippen LogP contribution in [0.2, 0.25) is 0 Å². The van der Waals surface area contributed by atoms with Crippen molar-refractivity contribution >= 4 is 10.9 Å². The Morgan fingerprint density at radius 3 is 2.35 bits per heavy atom. The molecular weight excluding hydrogens is 295 g/mol. The third-order valence-corrected chi connectivity index (χ3v) is 3.95. The molecule has 0 aliphatic carbocycles. The fourth-order valence-electron chi connectivity index (χ4n) is 2.75. The SMILES string of the molecule is CCn1c(=O)n(Cc2ccc(F)cc2)c(=O)c2cc(C)ccc21. The van der Waals surface area contributed by atoms with Crippen molar-refractivity contribution in [3.05, 3.63) is 80.2 Å². The van der Waals surface area contributed by atoms with Crippen molar-refractivity contribution in [2.24, 2.45) is 0 Å². The summed E-state index contributed by atoms with van der Waals surface area (Å²) in [7, 11) is 0. The van der Waals surface area contributed by atoms with E-state index in [0.29, 0.717) is 23.0 Å². The zero-order valence-electron chi connectivity index (χ0n) is 13.0. The second-order valence-electron chi connectivity index (χ2n) is 5.57. The molecule has 1 heterocycles. The van der Waals surface area contributed by atoms with E-state index in [1.54, 1.807) is 28.8 Å². The first-order valence-electron chi connectivity index (χ1n) is 7.49. The molecule has 0 saturated heterocycles. The Labute approximate surface area is 132 Å². The number of aromatic nitrogens is 2. The van der Waals surface area contributed by atoms with Gasteiger partial charge in [0.2, 0.25) is 0 Å². The third kappa shape index (κ3) is 2.70. The molecule has 0 unspecified atom stereocenters. The Morgan fingerprint density at radius 1 is 1.00 bits per heavy atom. The molecule has 0 N–H and O–H groups in total. The number of benzene rings is 2. The smallest absolute Gasteiger partial charge is 0.293 e. The summed E-state index contributed by atoms with van der Waals surface area (Å²) in [4.78, 5) is 25.4. The topological polar surface area (TPSA) is 44.0 Å². The van der Waals surface area contributed by atoms with Gasteiger partial charge in [-0.3, -0.25) is 13.9 Å². The zero-order valence-corrected chi connectivity index (χ0v) is 13.0. The molecular formula is C18H17FN2O2. The van der Waals surface area contributed by atoms with E-state index in [1.807, 2.05) is 19.9 Å². The average molecular weight is 312 g/mol. The van der Waals surface area contributed by atoms with E-state index in [0.717, 1.165) is 5.56 Å². The molecule has 0 amide bonds. The molecule has 0 bridgehead atoms. The monoisotopic (exact) mass is 312 g/mol. The Balaban J connectivity index is 2.26. The third-order valence-electron chi connectivity index (χ3n) is 3.95. The second-order valence-corrected chi connectivity index (χ2v) is 5.57. The van der Waals surface area contributed by atoms with Gasteiger partial charge >= 0.3 is 5.69 Å². The predicted octanol–water partition coefficient (Wildman–Crippen LogP) is 2.68. The molecule has 3 aromatic rings. The van der Waals surface area contributed by atoms with Gasteiger partial charge < -0.3 is 0 Å². The van der Waals surface area contributed by atoms with Crippen LogP contribution in [-0.2, 0) is 13.1 Å². The van der Waals surface area contributed by atoms with Crippen molar-refractivity contribution in [2.45, 2.75) is 26.9 Å². The van der Waals surface area contributed by atoms with Gasteiger partial charge in [-0.15, -0.1) is 0 Å². The maximum absolute atomic E-state index is 13.0. The number of rotatable bonds is 3. The normalized spacial score (nSPS) is 11.1. The van der Waals surface area contributed by atoms with E-state index in [1.165, 1.54) is 16.7 Å². The molecule has 5 heteroatoms. The van der Waals surface area contributed by atoms with E-state index in [-0.39, 0.29) is 23.6 Å². The Kier molecular flexibility index (Phi) is 3.86. The van der Waals surface area contributed by atoms with E-state index in [4.69, 9.17) is 0 Å². The highest BCUT2D eigenvalue weighted by molar-refractivity contribution is 5.78. The molecule has 0 saturated carbocycles. The molecule has 1 aromatic heterocycles. The minimum atomic E-state index is -0.349. The number of fused-ring (bicyclic) bond motifs is 1. The van der Waals surface area contributed by atoms with Crippen LogP contribution < -0.4 is 11.2 Å². The van der Waals surface area contributed by atoms with Crippen molar-refractivity contribution in [1.29, 1.82) is 0 Å². The second kappa shape index (κ2) is 5.83. The molecule has 0 radical (unpaired) electrons. The van der Waals surface area contributed by atoms with Crippen molar-refractivity contribution in [3.63, 3.8) is 0 Å². The van der Waals surface area contributed by atoms with Crippen molar-refractivity contribution < 1.29 is 4.39 Å². The van der Waals surface area contributed by atoms with E-state index >= 15 is 0 Å². The maximum atomic E-state index is 13.0. The molecule has 0 spiro atoms. The van der Waals surface area contributed by atoms with Gasteiger partial charge in [0.25, 0.3) is 5.56 Å². The number of nitrogens with zero attached hydrogens (tertiary/aromatic N) is 2. The largest absolute Gasteiger partial charge is 0.331 e.